The number of amides is 1. The minimum Gasteiger partial charge on any atom is -0.311 e. The van der Waals surface area contributed by atoms with Gasteiger partial charge in [-0.3, -0.25) is 4.79 Å². The van der Waals surface area contributed by atoms with Crippen molar-refractivity contribution >= 4 is 11.7 Å². The molecule has 0 radical (unpaired) electrons. The SMILES string of the molecule is Cc1ccc(CC(=O)Nc2ccnn2C(C)C)cc1. The van der Waals surface area contributed by atoms with Gasteiger partial charge in [-0.05, 0) is 26.3 Å². The van der Waals surface area contributed by atoms with Crippen LogP contribution in [0.5, 0.6) is 0 Å². The third-order valence-corrected chi connectivity index (χ3v) is 2.91. The summed E-state index contributed by atoms with van der Waals surface area (Å²) in [4.78, 5) is 12.0. The lowest BCUT2D eigenvalue weighted by Crippen LogP contribution is -2.18. The molecule has 0 saturated carbocycles. The summed E-state index contributed by atoms with van der Waals surface area (Å²) >= 11 is 0. The van der Waals surface area contributed by atoms with Crippen LogP contribution in [0.4, 0.5) is 5.82 Å². The van der Waals surface area contributed by atoms with Crippen LogP contribution in [0.25, 0.3) is 0 Å². The lowest BCUT2D eigenvalue weighted by Gasteiger charge is -2.11. The van der Waals surface area contributed by atoms with Gasteiger partial charge >= 0.3 is 0 Å². The molecule has 100 valence electrons. The molecule has 0 saturated heterocycles. The minimum atomic E-state index is -0.0220. The maximum atomic E-state index is 12.0. The van der Waals surface area contributed by atoms with Crippen LogP contribution in [-0.4, -0.2) is 15.7 Å². The van der Waals surface area contributed by atoms with E-state index in [4.69, 9.17) is 0 Å². The quantitative estimate of drug-likeness (QED) is 0.915. The Kier molecular flexibility index (Phi) is 4.00. The summed E-state index contributed by atoms with van der Waals surface area (Å²) in [6.45, 7) is 6.09. The van der Waals surface area contributed by atoms with Gasteiger partial charge < -0.3 is 5.32 Å². The second-order valence-electron chi connectivity index (χ2n) is 4.97. The largest absolute Gasteiger partial charge is 0.311 e. The van der Waals surface area contributed by atoms with E-state index in [1.165, 1.54) is 5.56 Å². The number of rotatable bonds is 4. The summed E-state index contributed by atoms with van der Waals surface area (Å²) in [5.74, 6) is 0.721. The van der Waals surface area contributed by atoms with Crippen LogP contribution in [0, 0.1) is 6.92 Å². The van der Waals surface area contributed by atoms with Gasteiger partial charge in [0.05, 0.1) is 12.6 Å². The van der Waals surface area contributed by atoms with Crippen molar-refractivity contribution in [2.24, 2.45) is 0 Å². The number of hydrogen-bond donors (Lipinski definition) is 1. The highest BCUT2D eigenvalue weighted by Gasteiger charge is 2.09. The number of carbonyl (C=O) groups is 1. The number of carbonyl (C=O) groups excluding carboxylic acids is 1. The Bertz CT molecular complexity index is 555. The topological polar surface area (TPSA) is 46.9 Å². The number of hydrogen-bond acceptors (Lipinski definition) is 2. The molecule has 1 aromatic heterocycles. The standard InChI is InChI=1S/C15H19N3O/c1-11(2)18-14(8-9-16-18)17-15(19)10-13-6-4-12(3)5-7-13/h4-9,11H,10H2,1-3H3,(H,17,19). The van der Waals surface area contributed by atoms with Crippen molar-refractivity contribution < 1.29 is 4.79 Å². The van der Waals surface area contributed by atoms with Gasteiger partial charge in [0.25, 0.3) is 0 Å². The molecule has 4 nitrogen and oxygen atoms in total. The Labute approximate surface area is 113 Å². The van der Waals surface area contributed by atoms with E-state index in [1.54, 1.807) is 10.9 Å². The molecule has 2 rings (SSSR count). The number of aryl methyl sites for hydroxylation is 1. The fourth-order valence-electron chi connectivity index (χ4n) is 1.90. The van der Waals surface area contributed by atoms with E-state index in [0.29, 0.717) is 6.42 Å². The minimum absolute atomic E-state index is 0.0220. The van der Waals surface area contributed by atoms with Crippen LogP contribution in [0.1, 0.15) is 31.0 Å². The van der Waals surface area contributed by atoms with Crippen molar-refractivity contribution in [2.45, 2.75) is 33.2 Å². The molecule has 0 unspecified atom stereocenters. The molecule has 19 heavy (non-hydrogen) atoms. The Morgan fingerprint density at radius 1 is 1.26 bits per heavy atom. The molecule has 1 N–H and O–H groups in total. The van der Waals surface area contributed by atoms with Gasteiger partial charge in [0.1, 0.15) is 5.82 Å². The number of nitrogens with zero attached hydrogens (tertiary/aromatic N) is 2. The predicted molar refractivity (Wildman–Crippen MR) is 76.1 cm³/mol. The maximum absolute atomic E-state index is 12.0. The van der Waals surface area contributed by atoms with Crippen LogP contribution in [0.3, 0.4) is 0 Å². The van der Waals surface area contributed by atoms with Gasteiger partial charge in [0, 0.05) is 12.1 Å². The molecule has 0 bridgehead atoms. The van der Waals surface area contributed by atoms with E-state index < -0.39 is 0 Å². The Morgan fingerprint density at radius 3 is 2.58 bits per heavy atom. The van der Waals surface area contributed by atoms with Crippen LogP contribution in [0.2, 0.25) is 0 Å². The summed E-state index contributed by atoms with van der Waals surface area (Å²) in [6, 6.07) is 10.0. The second kappa shape index (κ2) is 5.69. The van der Waals surface area contributed by atoms with Crippen molar-refractivity contribution in [3.05, 3.63) is 47.7 Å². The van der Waals surface area contributed by atoms with Gasteiger partial charge in [-0.15, -0.1) is 0 Å². The van der Waals surface area contributed by atoms with Crippen LogP contribution in [0.15, 0.2) is 36.5 Å². The summed E-state index contributed by atoms with van der Waals surface area (Å²) in [6.07, 6.45) is 2.07. The molecular formula is C15H19N3O. The highest BCUT2D eigenvalue weighted by Crippen LogP contribution is 2.13. The summed E-state index contributed by atoms with van der Waals surface area (Å²) < 4.78 is 1.80. The van der Waals surface area contributed by atoms with E-state index in [2.05, 4.69) is 10.4 Å². The highest BCUT2D eigenvalue weighted by atomic mass is 16.1. The van der Waals surface area contributed by atoms with Crippen LogP contribution < -0.4 is 5.32 Å². The zero-order chi connectivity index (χ0) is 13.8. The molecule has 1 heterocycles. The maximum Gasteiger partial charge on any atom is 0.229 e. The first-order valence-corrected chi connectivity index (χ1v) is 6.45. The molecule has 0 fully saturated rings. The third-order valence-electron chi connectivity index (χ3n) is 2.91. The zero-order valence-corrected chi connectivity index (χ0v) is 11.6. The van der Waals surface area contributed by atoms with Crippen molar-refractivity contribution in [1.82, 2.24) is 9.78 Å². The van der Waals surface area contributed by atoms with Crippen LogP contribution in [-0.2, 0) is 11.2 Å². The summed E-state index contributed by atoms with van der Waals surface area (Å²) in [5.41, 5.74) is 2.21. The fraction of sp³-hybridized carbons (Fsp3) is 0.333. The normalized spacial score (nSPS) is 10.7. The van der Waals surface area contributed by atoms with Gasteiger partial charge in [-0.1, -0.05) is 29.8 Å². The van der Waals surface area contributed by atoms with Gasteiger partial charge in [0.2, 0.25) is 5.91 Å². The molecule has 4 heteroatoms. The number of benzene rings is 1. The second-order valence-corrected chi connectivity index (χ2v) is 4.97. The molecule has 1 amide bonds. The Morgan fingerprint density at radius 2 is 1.95 bits per heavy atom. The van der Waals surface area contributed by atoms with Crippen LogP contribution >= 0.6 is 0 Å². The van der Waals surface area contributed by atoms with Crippen molar-refractivity contribution in [3.63, 3.8) is 0 Å². The first kappa shape index (κ1) is 13.3. The number of anilines is 1. The van der Waals surface area contributed by atoms with Gasteiger partial charge in [-0.25, -0.2) is 4.68 Å². The van der Waals surface area contributed by atoms with Gasteiger partial charge in [-0.2, -0.15) is 5.10 Å². The van der Waals surface area contributed by atoms with Crippen molar-refractivity contribution in [3.8, 4) is 0 Å². The molecular weight excluding hydrogens is 238 g/mol. The Balaban J connectivity index is 2.01. The molecule has 0 spiro atoms. The first-order chi connectivity index (χ1) is 9.06. The molecule has 0 aliphatic rings. The van der Waals surface area contributed by atoms with E-state index in [0.717, 1.165) is 11.4 Å². The lowest BCUT2D eigenvalue weighted by molar-refractivity contribution is -0.115. The average Bonchev–Trinajstić information content (AvgIpc) is 2.80. The highest BCUT2D eigenvalue weighted by molar-refractivity contribution is 5.91. The lowest BCUT2D eigenvalue weighted by atomic mass is 10.1. The molecule has 1 aromatic carbocycles. The first-order valence-electron chi connectivity index (χ1n) is 6.45. The monoisotopic (exact) mass is 257 g/mol. The van der Waals surface area contributed by atoms with E-state index in [1.807, 2.05) is 51.1 Å². The van der Waals surface area contributed by atoms with Crippen molar-refractivity contribution in [2.75, 3.05) is 5.32 Å². The van der Waals surface area contributed by atoms with Crippen molar-refractivity contribution in [1.29, 1.82) is 0 Å². The average molecular weight is 257 g/mol. The summed E-state index contributed by atoms with van der Waals surface area (Å²) in [5, 5.41) is 7.09. The van der Waals surface area contributed by atoms with E-state index >= 15 is 0 Å². The number of aromatic nitrogens is 2. The van der Waals surface area contributed by atoms with Gasteiger partial charge in [0.15, 0.2) is 0 Å². The smallest absolute Gasteiger partial charge is 0.229 e. The molecule has 2 aromatic rings. The molecule has 0 aliphatic heterocycles. The third kappa shape index (κ3) is 3.44. The summed E-state index contributed by atoms with van der Waals surface area (Å²) in [7, 11) is 0. The zero-order valence-electron chi connectivity index (χ0n) is 11.6. The predicted octanol–water partition coefficient (Wildman–Crippen LogP) is 2.95. The number of nitrogens with one attached hydrogen (secondary N) is 1. The van der Waals surface area contributed by atoms with E-state index in [9.17, 15) is 4.79 Å². The fourth-order valence-corrected chi connectivity index (χ4v) is 1.90. The van der Waals surface area contributed by atoms with E-state index in [-0.39, 0.29) is 11.9 Å². The molecule has 0 aliphatic carbocycles. The Hall–Kier alpha value is -2.10. The molecule has 0 atom stereocenters.